The first kappa shape index (κ1) is 9.60. The van der Waals surface area contributed by atoms with Gasteiger partial charge in [-0.3, -0.25) is 5.10 Å². The van der Waals surface area contributed by atoms with Crippen LogP contribution >= 0.6 is 0 Å². The van der Waals surface area contributed by atoms with Crippen molar-refractivity contribution in [2.45, 2.75) is 26.9 Å². The van der Waals surface area contributed by atoms with E-state index in [1.807, 2.05) is 0 Å². The molecule has 0 saturated carbocycles. The highest BCUT2D eigenvalue weighted by Crippen LogP contribution is 2.27. The molecule has 1 aliphatic heterocycles. The van der Waals surface area contributed by atoms with Gasteiger partial charge in [0.25, 0.3) is 0 Å². The molecule has 0 saturated heterocycles. The zero-order chi connectivity index (χ0) is 11.1. The van der Waals surface area contributed by atoms with Crippen molar-refractivity contribution in [3.63, 3.8) is 0 Å². The number of rotatable bonds is 1. The van der Waals surface area contributed by atoms with Crippen LogP contribution < -0.4 is 5.32 Å². The standard InChI is InChI=1S/C13H15N3/c1-8-3-4-10(5-9(8)2)13-11-6-14-7-12(11)15-16-13/h3-5,14H,6-7H2,1-2H3,(H,15,16). The molecule has 0 bridgehead atoms. The molecule has 2 N–H and O–H groups in total. The molecule has 1 aliphatic rings. The number of hydrogen-bond donors (Lipinski definition) is 2. The first-order valence-electron chi connectivity index (χ1n) is 5.60. The molecule has 3 rings (SSSR count). The molecular formula is C13H15N3. The lowest BCUT2D eigenvalue weighted by atomic mass is 10.0. The maximum atomic E-state index is 4.41. The Hall–Kier alpha value is -1.61. The Morgan fingerprint density at radius 3 is 2.81 bits per heavy atom. The predicted molar refractivity (Wildman–Crippen MR) is 64.0 cm³/mol. The van der Waals surface area contributed by atoms with Crippen LogP contribution in [0.2, 0.25) is 0 Å². The van der Waals surface area contributed by atoms with E-state index in [1.165, 1.54) is 27.9 Å². The molecule has 1 aromatic carbocycles. The molecule has 1 aromatic heterocycles. The van der Waals surface area contributed by atoms with Crippen molar-refractivity contribution in [2.75, 3.05) is 0 Å². The van der Waals surface area contributed by atoms with Crippen molar-refractivity contribution in [3.05, 3.63) is 40.6 Å². The molecule has 0 amide bonds. The van der Waals surface area contributed by atoms with Crippen molar-refractivity contribution < 1.29 is 0 Å². The van der Waals surface area contributed by atoms with E-state index in [0.717, 1.165) is 18.8 Å². The van der Waals surface area contributed by atoms with Crippen LogP contribution in [-0.4, -0.2) is 10.2 Å². The number of aryl methyl sites for hydroxylation is 2. The van der Waals surface area contributed by atoms with E-state index in [1.54, 1.807) is 0 Å². The molecule has 0 spiro atoms. The quantitative estimate of drug-likeness (QED) is 0.763. The van der Waals surface area contributed by atoms with E-state index < -0.39 is 0 Å². The number of nitrogens with one attached hydrogen (secondary N) is 2. The third-order valence-corrected chi connectivity index (χ3v) is 3.34. The molecule has 0 aliphatic carbocycles. The van der Waals surface area contributed by atoms with Gasteiger partial charge in [-0.05, 0) is 31.0 Å². The Kier molecular flexibility index (Phi) is 2.07. The third kappa shape index (κ3) is 1.36. The minimum Gasteiger partial charge on any atom is -0.307 e. The van der Waals surface area contributed by atoms with Gasteiger partial charge in [-0.1, -0.05) is 12.1 Å². The van der Waals surface area contributed by atoms with E-state index in [0.29, 0.717) is 0 Å². The summed E-state index contributed by atoms with van der Waals surface area (Å²) in [5.41, 5.74) is 7.51. The van der Waals surface area contributed by atoms with Gasteiger partial charge in [0.15, 0.2) is 0 Å². The first-order chi connectivity index (χ1) is 7.75. The number of aromatic amines is 1. The normalized spacial score (nSPS) is 14.1. The monoisotopic (exact) mass is 213 g/mol. The van der Waals surface area contributed by atoms with Crippen molar-refractivity contribution in [3.8, 4) is 11.3 Å². The number of fused-ring (bicyclic) bond motifs is 1. The summed E-state index contributed by atoms with van der Waals surface area (Å²) in [5, 5.41) is 10.9. The Labute approximate surface area is 94.9 Å². The van der Waals surface area contributed by atoms with Crippen molar-refractivity contribution >= 4 is 0 Å². The molecule has 0 unspecified atom stereocenters. The zero-order valence-electron chi connectivity index (χ0n) is 9.59. The minimum atomic E-state index is 0.910. The summed E-state index contributed by atoms with van der Waals surface area (Å²) in [6.45, 7) is 6.11. The lowest BCUT2D eigenvalue weighted by molar-refractivity contribution is 0.743. The first-order valence-corrected chi connectivity index (χ1v) is 5.60. The van der Waals surface area contributed by atoms with Gasteiger partial charge in [0, 0.05) is 24.2 Å². The summed E-state index contributed by atoms with van der Waals surface area (Å²) >= 11 is 0. The maximum absolute atomic E-state index is 4.41. The Morgan fingerprint density at radius 1 is 1.12 bits per heavy atom. The van der Waals surface area contributed by atoms with Gasteiger partial charge >= 0.3 is 0 Å². The Bertz CT molecular complexity index is 540. The molecule has 0 atom stereocenters. The van der Waals surface area contributed by atoms with Crippen molar-refractivity contribution in [2.24, 2.45) is 0 Å². The summed E-state index contributed by atoms with van der Waals surface area (Å²) in [4.78, 5) is 0. The van der Waals surface area contributed by atoms with Gasteiger partial charge in [-0.25, -0.2) is 0 Å². The second-order valence-electron chi connectivity index (χ2n) is 4.43. The van der Waals surface area contributed by atoms with E-state index in [4.69, 9.17) is 0 Å². The minimum absolute atomic E-state index is 0.910. The number of aromatic nitrogens is 2. The fourth-order valence-corrected chi connectivity index (χ4v) is 2.18. The largest absolute Gasteiger partial charge is 0.307 e. The average Bonchev–Trinajstić information content (AvgIpc) is 2.83. The van der Waals surface area contributed by atoms with Gasteiger partial charge in [0.05, 0.1) is 11.4 Å². The smallest absolute Gasteiger partial charge is 0.0969 e. The molecule has 0 fully saturated rings. The summed E-state index contributed by atoms with van der Waals surface area (Å²) in [7, 11) is 0. The average molecular weight is 213 g/mol. The second kappa shape index (κ2) is 3.46. The highest BCUT2D eigenvalue weighted by atomic mass is 15.2. The molecule has 0 radical (unpaired) electrons. The van der Waals surface area contributed by atoms with Crippen molar-refractivity contribution in [1.82, 2.24) is 15.5 Å². The van der Waals surface area contributed by atoms with E-state index in [-0.39, 0.29) is 0 Å². The van der Waals surface area contributed by atoms with Crippen LogP contribution in [0.4, 0.5) is 0 Å². The molecule has 16 heavy (non-hydrogen) atoms. The molecule has 2 heterocycles. The lowest BCUT2D eigenvalue weighted by Gasteiger charge is -2.04. The summed E-state index contributed by atoms with van der Waals surface area (Å²) in [6.07, 6.45) is 0. The van der Waals surface area contributed by atoms with Crippen molar-refractivity contribution in [1.29, 1.82) is 0 Å². The number of H-pyrrole nitrogens is 1. The second-order valence-corrected chi connectivity index (χ2v) is 4.43. The van der Waals surface area contributed by atoms with E-state index in [9.17, 15) is 0 Å². The molecule has 3 heteroatoms. The third-order valence-electron chi connectivity index (χ3n) is 3.34. The fraction of sp³-hybridized carbons (Fsp3) is 0.308. The highest BCUT2D eigenvalue weighted by molar-refractivity contribution is 5.65. The maximum Gasteiger partial charge on any atom is 0.0969 e. The van der Waals surface area contributed by atoms with Gasteiger partial charge in [-0.2, -0.15) is 5.10 Å². The summed E-state index contributed by atoms with van der Waals surface area (Å²) < 4.78 is 0. The van der Waals surface area contributed by atoms with Gasteiger partial charge < -0.3 is 5.32 Å². The van der Waals surface area contributed by atoms with Crippen LogP contribution in [0.25, 0.3) is 11.3 Å². The lowest BCUT2D eigenvalue weighted by Crippen LogP contribution is -2.02. The molecule has 2 aromatic rings. The number of benzene rings is 1. The van der Waals surface area contributed by atoms with E-state index >= 15 is 0 Å². The van der Waals surface area contributed by atoms with Crippen LogP contribution in [-0.2, 0) is 13.1 Å². The van der Waals surface area contributed by atoms with Crippen LogP contribution in [0, 0.1) is 13.8 Å². The SMILES string of the molecule is Cc1ccc(-c2n[nH]c3c2CNC3)cc1C. The molecule has 3 nitrogen and oxygen atoms in total. The topological polar surface area (TPSA) is 40.7 Å². The van der Waals surface area contributed by atoms with Crippen LogP contribution in [0.5, 0.6) is 0 Å². The number of nitrogens with zero attached hydrogens (tertiary/aromatic N) is 1. The van der Waals surface area contributed by atoms with Crippen LogP contribution in [0.3, 0.4) is 0 Å². The highest BCUT2D eigenvalue weighted by Gasteiger charge is 2.18. The number of hydrogen-bond acceptors (Lipinski definition) is 2. The zero-order valence-corrected chi connectivity index (χ0v) is 9.59. The molecular weight excluding hydrogens is 198 g/mol. The van der Waals surface area contributed by atoms with Crippen LogP contribution in [0.15, 0.2) is 18.2 Å². The fourth-order valence-electron chi connectivity index (χ4n) is 2.18. The van der Waals surface area contributed by atoms with Gasteiger partial charge in [0.2, 0.25) is 0 Å². The summed E-state index contributed by atoms with van der Waals surface area (Å²) in [6, 6.07) is 6.52. The Morgan fingerprint density at radius 2 is 2.00 bits per heavy atom. The van der Waals surface area contributed by atoms with Gasteiger partial charge in [0.1, 0.15) is 0 Å². The van der Waals surface area contributed by atoms with Crippen LogP contribution in [0.1, 0.15) is 22.4 Å². The Balaban J connectivity index is 2.11. The molecule has 82 valence electrons. The predicted octanol–water partition coefficient (Wildman–Crippen LogP) is 2.30. The summed E-state index contributed by atoms with van der Waals surface area (Å²) in [5.74, 6) is 0. The van der Waals surface area contributed by atoms with E-state index in [2.05, 4.69) is 47.6 Å². The van der Waals surface area contributed by atoms with Gasteiger partial charge in [-0.15, -0.1) is 0 Å².